The smallest absolute Gasteiger partial charge is 0.320 e. The molecule has 0 aliphatic heterocycles. The number of hydrogen-bond donors (Lipinski definition) is 0. The van der Waals surface area contributed by atoms with Crippen LogP contribution in [0.25, 0.3) is 0 Å². The summed E-state index contributed by atoms with van der Waals surface area (Å²) in [4.78, 5) is 13.5. The Labute approximate surface area is 110 Å². The molecule has 0 bridgehead atoms. The molecule has 0 saturated carbocycles. The zero-order valence-electron chi connectivity index (χ0n) is 12.3. The second-order valence-electron chi connectivity index (χ2n) is 4.17. The third kappa shape index (κ3) is 7.63. The maximum atomic E-state index is 11.5. The molecule has 0 spiro atoms. The average molecular weight is 261 g/mol. The van der Waals surface area contributed by atoms with Crippen molar-refractivity contribution in [1.82, 2.24) is 4.90 Å². The van der Waals surface area contributed by atoms with Crippen LogP contribution in [0.5, 0.6) is 0 Å². The second-order valence-corrected chi connectivity index (χ2v) is 4.17. The van der Waals surface area contributed by atoms with E-state index in [9.17, 15) is 4.79 Å². The van der Waals surface area contributed by atoms with Gasteiger partial charge in [0.25, 0.3) is 0 Å². The van der Waals surface area contributed by atoms with Gasteiger partial charge in [-0.15, -0.1) is 0 Å². The van der Waals surface area contributed by atoms with Gasteiger partial charge in [-0.3, -0.25) is 9.69 Å². The Kier molecular flexibility index (Phi) is 9.92. The third-order valence-corrected chi connectivity index (χ3v) is 2.46. The number of nitrogens with zero attached hydrogens (tertiary/aromatic N) is 1. The lowest BCUT2D eigenvalue weighted by molar-refractivity contribution is -0.158. The lowest BCUT2D eigenvalue weighted by Crippen LogP contribution is -2.43. The lowest BCUT2D eigenvalue weighted by atomic mass is 10.3. The van der Waals surface area contributed by atoms with E-state index < -0.39 is 0 Å². The summed E-state index contributed by atoms with van der Waals surface area (Å²) in [7, 11) is 0. The molecule has 0 amide bonds. The van der Waals surface area contributed by atoms with Gasteiger partial charge in [0.15, 0.2) is 6.29 Å². The highest BCUT2D eigenvalue weighted by molar-refractivity contribution is 5.71. The summed E-state index contributed by atoms with van der Waals surface area (Å²) >= 11 is 0. The van der Waals surface area contributed by atoms with Gasteiger partial charge in [0.1, 0.15) is 0 Å². The molecule has 0 atom stereocenters. The van der Waals surface area contributed by atoms with Crippen molar-refractivity contribution >= 4 is 5.97 Å². The number of ether oxygens (including phenoxy) is 3. The molecular weight excluding hydrogens is 234 g/mol. The van der Waals surface area contributed by atoms with Crippen LogP contribution in [0.4, 0.5) is 0 Å². The molecule has 0 radical (unpaired) electrons. The minimum atomic E-state index is -0.295. The third-order valence-electron chi connectivity index (χ3n) is 2.46. The van der Waals surface area contributed by atoms with E-state index >= 15 is 0 Å². The molecule has 0 fully saturated rings. The number of esters is 1. The molecule has 5 heteroatoms. The van der Waals surface area contributed by atoms with Crippen molar-refractivity contribution in [3.8, 4) is 0 Å². The molecule has 0 unspecified atom stereocenters. The SMILES string of the molecule is CCOC(=O)CN(CC(OCC)OCC)C(C)C. The van der Waals surface area contributed by atoms with Crippen LogP contribution >= 0.6 is 0 Å². The fourth-order valence-electron chi connectivity index (χ4n) is 1.55. The van der Waals surface area contributed by atoms with Crippen molar-refractivity contribution in [1.29, 1.82) is 0 Å². The Bertz CT molecular complexity index is 215. The van der Waals surface area contributed by atoms with Gasteiger partial charge in [-0.1, -0.05) is 0 Å². The van der Waals surface area contributed by atoms with Crippen LogP contribution in [0.3, 0.4) is 0 Å². The largest absolute Gasteiger partial charge is 0.465 e. The van der Waals surface area contributed by atoms with E-state index in [0.717, 1.165) is 0 Å². The molecule has 108 valence electrons. The topological polar surface area (TPSA) is 48.0 Å². The van der Waals surface area contributed by atoms with Crippen molar-refractivity contribution in [3.63, 3.8) is 0 Å². The first kappa shape index (κ1) is 17.4. The predicted molar refractivity (Wildman–Crippen MR) is 70.4 cm³/mol. The van der Waals surface area contributed by atoms with E-state index in [2.05, 4.69) is 0 Å². The van der Waals surface area contributed by atoms with Crippen LogP contribution in [0, 0.1) is 0 Å². The molecule has 0 rings (SSSR count). The van der Waals surface area contributed by atoms with E-state index in [1.807, 2.05) is 32.6 Å². The average Bonchev–Trinajstić information content (AvgIpc) is 2.29. The van der Waals surface area contributed by atoms with Gasteiger partial charge in [-0.05, 0) is 34.6 Å². The maximum absolute atomic E-state index is 11.5. The Hall–Kier alpha value is -0.650. The standard InChI is InChI=1S/C13H27NO4/c1-6-16-12(15)9-14(11(4)5)10-13(17-7-2)18-8-3/h11,13H,6-10H2,1-5H3. The van der Waals surface area contributed by atoms with E-state index in [-0.39, 0.29) is 24.8 Å². The Morgan fingerprint density at radius 3 is 2.00 bits per heavy atom. The van der Waals surface area contributed by atoms with E-state index in [0.29, 0.717) is 26.4 Å². The van der Waals surface area contributed by atoms with Gasteiger partial charge in [-0.25, -0.2) is 0 Å². The summed E-state index contributed by atoms with van der Waals surface area (Å²) < 4.78 is 15.9. The predicted octanol–water partition coefficient (Wildman–Crippen LogP) is 1.66. The zero-order valence-corrected chi connectivity index (χ0v) is 12.3. The zero-order chi connectivity index (χ0) is 14.0. The summed E-state index contributed by atoms with van der Waals surface area (Å²) in [6, 6.07) is 0.234. The van der Waals surface area contributed by atoms with Gasteiger partial charge < -0.3 is 14.2 Å². The molecule has 0 N–H and O–H groups in total. The van der Waals surface area contributed by atoms with E-state index in [4.69, 9.17) is 14.2 Å². The summed E-state index contributed by atoms with van der Waals surface area (Å²) in [6.45, 7) is 12.2. The molecule has 0 aromatic heterocycles. The molecule has 0 aromatic rings. The summed E-state index contributed by atoms with van der Waals surface area (Å²) in [5.41, 5.74) is 0. The van der Waals surface area contributed by atoms with E-state index in [1.54, 1.807) is 6.92 Å². The molecule has 18 heavy (non-hydrogen) atoms. The fraction of sp³-hybridized carbons (Fsp3) is 0.923. The second kappa shape index (κ2) is 10.3. The first-order valence-corrected chi connectivity index (χ1v) is 6.67. The lowest BCUT2D eigenvalue weighted by Gasteiger charge is -2.29. The highest BCUT2D eigenvalue weighted by Gasteiger charge is 2.20. The number of carbonyl (C=O) groups excluding carboxylic acids is 1. The summed E-state index contributed by atoms with van der Waals surface area (Å²) in [5.74, 6) is -0.210. The molecule has 5 nitrogen and oxygen atoms in total. The van der Waals surface area contributed by atoms with Crippen molar-refractivity contribution < 1.29 is 19.0 Å². The maximum Gasteiger partial charge on any atom is 0.320 e. The van der Waals surface area contributed by atoms with Crippen molar-refractivity contribution in [3.05, 3.63) is 0 Å². The first-order valence-electron chi connectivity index (χ1n) is 6.67. The Morgan fingerprint density at radius 1 is 1.06 bits per heavy atom. The summed E-state index contributed by atoms with van der Waals surface area (Å²) in [5, 5.41) is 0. The van der Waals surface area contributed by atoms with Gasteiger partial charge in [-0.2, -0.15) is 0 Å². The number of rotatable bonds is 10. The highest BCUT2D eigenvalue weighted by Crippen LogP contribution is 2.05. The normalized spacial score (nSPS) is 11.6. The van der Waals surface area contributed by atoms with Crippen LogP contribution in [0.2, 0.25) is 0 Å². The minimum Gasteiger partial charge on any atom is -0.465 e. The molecule has 0 heterocycles. The van der Waals surface area contributed by atoms with Crippen molar-refractivity contribution in [2.75, 3.05) is 32.9 Å². The van der Waals surface area contributed by atoms with Gasteiger partial charge in [0, 0.05) is 19.3 Å². The fourth-order valence-corrected chi connectivity index (χ4v) is 1.55. The minimum absolute atomic E-state index is 0.210. The van der Waals surface area contributed by atoms with Crippen molar-refractivity contribution in [2.45, 2.75) is 47.0 Å². The van der Waals surface area contributed by atoms with Crippen LogP contribution < -0.4 is 0 Å². The molecular formula is C13H27NO4. The number of hydrogen-bond acceptors (Lipinski definition) is 5. The highest BCUT2D eigenvalue weighted by atomic mass is 16.7. The summed E-state index contributed by atoms with van der Waals surface area (Å²) in [6.07, 6.45) is -0.295. The Morgan fingerprint density at radius 2 is 1.61 bits per heavy atom. The van der Waals surface area contributed by atoms with E-state index in [1.165, 1.54) is 0 Å². The van der Waals surface area contributed by atoms with Crippen molar-refractivity contribution in [2.24, 2.45) is 0 Å². The van der Waals surface area contributed by atoms with Crippen LogP contribution in [-0.4, -0.2) is 56.1 Å². The quantitative estimate of drug-likeness (QED) is 0.442. The van der Waals surface area contributed by atoms with Gasteiger partial charge >= 0.3 is 5.97 Å². The molecule has 0 aliphatic carbocycles. The van der Waals surface area contributed by atoms with Crippen LogP contribution in [-0.2, 0) is 19.0 Å². The number of carbonyl (C=O) groups is 1. The molecule has 0 aromatic carbocycles. The molecule has 0 aliphatic rings. The van der Waals surface area contributed by atoms with Gasteiger partial charge in [0.05, 0.1) is 19.7 Å². The molecule has 0 saturated heterocycles. The monoisotopic (exact) mass is 261 g/mol. The Balaban J connectivity index is 4.34. The van der Waals surface area contributed by atoms with Gasteiger partial charge in [0.2, 0.25) is 0 Å². The van der Waals surface area contributed by atoms with Crippen LogP contribution in [0.1, 0.15) is 34.6 Å². The first-order chi connectivity index (χ1) is 8.54. The van der Waals surface area contributed by atoms with Crippen LogP contribution in [0.15, 0.2) is 0 Å².